The van der Waals surface area contributed by atoms with E-state index in [4.69, 9.17) is 9.26 Å². The largest absolute Gasteiger partial charge is 0.493 e. The lowest BCUT2D eigenvalue weighted by molar-refractivity contribution is 0.0905. The highest BCUT2D eigenvalue weighted by Gasteiger charge is 2.23. The van der Waals surface area contributed by atoms with Crippen LogP contribution in [0, 0.1) is 13.8 Å². The first kappa shape index (κ1) is 18.5. The molecule has 0 bridgehead atoms. The molecule has 2 heterocycles. The number of hydrogen-bond donors (Lipinski definition) is 1. The van der Waals surface area contributed by atoms with Gasteiger partial charge < -0.3 is 14.6 Å². The van der Waals surface area contributed by atoms with Crippen LogP contribution in [0.1, 0.15) is 47.1 Å². The van der Waals surface area contributed by atoms with Gasteiger partial charge in [-0.15, -0.1) is 0 Å². The third-order valence-electron chi connectivity index (χ3n) is 4.92. The Morgan fingerprint density at radius 1 is 1.31 bits per heavy atom. The van der Waals surface area contributed by atoms with E-state index in [0.717, 1.165) is 43.9 Å². The molecule has 1 aliphatic heterocycles. The summed E-state index contributed by atoms with van der Waals surface area (Å²) in [6.45, 7) is 9.15. The Hall–Kier alpha value is -2.34. The van der Waals surface area contributed by atoms with Crippen molar-refractivity contribution in [2.45, 2.75) is 46.2 Å². The number of hydrogen-bond acceptors (Lipinski definition) is 5. The molecule has 2 aromatic rings. The minimum atomic E-state index is -0.0572. The highest BCUT2D eigenvalue weighted by molar-refractivity contribution is 5.97. The summed E-state index contributed by atoms with van der Waals surface area (Å²) in [5.41, 5.74) is 2.75. The third kappa shape index (κ3) is 4.25. The Bertz CT molecular complexity index is 729. The third-order valence-corrected chi connectivity index (χ3v) is 4.92. The van der Waals surface area contributed by atoms with E-state index >= 15 is 0 Å². The number of carbonyl (C=O) groups excluding carboxylic acids is 1. The second-order valence-corrected chi connectivity index (χ2v) is 6.76. The Morgan fingerprint density at radius 3 is 2.69 bits per heavy atom. The molecule has 6 heteroatoms. The summed E-state index contributed by atoms with van der Waals surface area (Å²) in [5, 5.41) is 7.18. The fourth-order valence-corrected chi connectivity index (χ4v) is 3.39. The Labute approximate surface area is 154 Å². The van der Waals surface area contributed by atoms with Gasteiger partial charge in [0.2, 0.25) is 0 Å². The summed E-state index contributed by atoms with van der Waals surface area (Å²) in [7, 11) is 0. The van der Waals surface area contributed by atoms with Gasteiger partial charge in [-0.25, -0.2) is 0 Å². The summed E-state index contributed by atoms with van der Waals surface area (Å²) >= 11 is 0. The van der Waals surface area contributed by atoms with Gasteiger partial charge in [0.1, 0.15) is 11.5 Å². The molecule has 3 rings (SSSR count). The second kappa shape index (κ2) is 8.36. The van der Waals surface area contributed by atoms with E-state index in [2.05, 4.69) is 15.4 Å². The van der Waals surface area contributed by atoms with Gasteiger partial charge in [-0.2, -0.15) is 0 Å². The number of carbonyl (C=O) groups is 1. The number of para-hydroxylation sites is 1. The molecule has 0 radical (unpaired) electrons. The smallest absolute Gasteiger partial charge is 0.255 e. The summed E-state index contributed by atoms with van der Waals surface area (Å²) in [5.74, 6) is 1.48. The topological polar surface area (TPSA) is 67.6 Å². The number of ether oxygens (including phenoxy) is 1. The molecular weight excluding hydrogens is 330 g/mol. The molecule has 0 atom stereocenters. The zero-order valence-corrected chi connectivity index (χ0v) is 15.7. The van der Waals surface area contributed by atoms with Crippen LogP contribution in [0.2, 0.25) is 0 Å². The summed E-state index contributed by atoms with van der Waals surface area (Å²) in [4.78, 5) is 15.0. The highest BCUT2D eigenvalue weighted by Crippen LogP contribution is 2.21. The van der Waals surface area contributed by atoms with E-state index in [-0.39, 0.29) is 11.9 Å². The molecule has 0 unspecified atom stereocenters. The van der Waals surface area contributed by atoms with Crippen molar-refractivity contribution in [2.24, 2.45) is 0 Å². The zero-order chi connectivity index (χ0) is 18.5. The van der Waals surface area contributed by atoms with Crippen LogP contribution >= 0.6 is 0 Å². The van der Waals surface area contributed by atoms with E-state index in [1.807, 2.05) is 45.0 Å². The van der Waals surface area contributed by atoms with E-state index in [1.165, 1.54) is 5.56 Å². The minimum Gasteiger partial charge on any atom is -0.493 e. The number of aromatic nitrogens is 1. The number of nitrogens with one attached hydrogen (secondary N) is 1. The monoisotopic (exact) mass is 357 g/mol. The quantitative estimate of drug-likeness (QED) is 0.860. The average Bonchev–Trinajstić information content (AvgIpc) is 2.96. The molecule has 6 nitrogen and oxygen atoms in total. The molecular formula is C20H27N3O3. The van der Waals surface area contributed by atoms with Crippen molar-refractivity contribution in [2.75, 3.05) is 19.7 Å². The van der Waals surface area contributed by atoms with Crippen LogP contribution in [0.15, 0.2) is 28.8 Å². The summed E-state index contributed by atoms with van der Waals surface area (Å²) in [6, 6.07) is 7.59. The van der Waals surface area contributed by atoms with Crippen molar-refractivity contribution < 1.29 is 14.1 Å². The molecule has 26 heavy (non-hydrogen) atoms. The van der Waals surface area contributed by atoms with Crippen LogP contribution < -0.4 is 10.1 Å². The Balaban J connectivity index is 1.53. The molecule has 1 aromatic carbocycles. The number of nitrogens with zero attached hydrogens (tertiary/aromatic N) is 2. The number of aryl methyl sites for hydroxylation is 2. The molecule has 1 N–H and O–H groups in total. The fourth-order valence-electron chi connectivity index (χ4n) is 3.39. The van der Waals surface area contributed by atoms with Crippen molar-refractivity contribution in [1.29, 1.82) is 0 Å². The number of likely N-dealkylation sites (tertiary alicyclic amines) is 1. The van der Waals surface area contributed by atoms with Crippen LogP contribution in [-0.4, -0.2) is 41.7 Å². The van der Waals surface area contributed by atoms with Crippen LogP contribution in [0.25, 0.3) is 0 Å². The minimum absolute atomic E-state index is 0.0572. The van der Waals surface area contributed by atoms with E-state index < -0.39 is 0 Å². The number of piperidine rings is 1. The zero-order valence-electron chi connectivity index (χ0n) is 15.7. The molecule has 0 aliphatic carbocycles. The van der Waals surface area contributed by atoms with E-state index in [9.17, 15) is 4.79 Å². The van der Waals surface area contributed by atoms with Gasteiger partial charge in [-0.3, -0.25) is 9.69 Å². The maximum absolute atomic E-state index is 12.6. The second-order valence-electron chi connectivity index (χ2n) is 6.76. The standard InChI is InChI=1S/C20H27N3O3/c1-4-25-19-8-6-5-7-17(19)20(24)21-16-9-11-23(12-10-16)13-18-14(2)22-26-15(18)3/h5-8,16H,4,9-13H2,1-3H3,(H,21,24). The SMILES string of the molecule is CCOc1ccccc1C(=O)NC1CCN(Cc2c(C)noc2C)CC1. The molecule has 1 saturated heterocycles. The lowest BCUT2D eigenvalue weighted by Gasteiger charge is -2.32. The molecule has 140 valence electrons. The first-order valence-corrected chi connectivity index (χ1v) is 9.25. The predicted octanol–water partition coefficient (Wildman–Crippen LogP) is 3.08. The highest BCUT2D eigenvalue weighted by atomic mass is 16.5. The van der Waals surface area contributed by atoms with Crippen LogP contribution in [0.5, 0.6) is 5.75 Å². The Morgan fingerprint density at radius 2 is 2.04 bits per heavy atom. The van der Waals surface area contributed by atoms with Gasteiger partial charge in [0, 0.05) is 31.2 Å². The van der Waals surface area contributed by atoms with Crippen LogP contribution in [0.4, 0.5) is 0 Å². The Kier molecular flexibility index (Phi) is 5.93. The van der Waals surface area contributed by atoms with Gasteiger partial charge in [0.05, 0.1) is 17.9 Å². The van der Waals surface area contributed by atoms with Crippen molar-refractivity contribution in [3.05, 3.63) is 46.8 Å². The van der Waals surface area contributed by atoms with Crippen molar-refractivity contribution in [1.82, 2.24) is 15.4 Å². The molecule has 1 fully saturated rings. The first-order chi connectivity index (χ1) is 12.6. The van der Waals surface area contributed by atoms with Gasteiger partial charge in [0.25, 0.3) is 5.91 Å². The van der Waals surface area contributed by atoms with Crippen molar-refractivity contribution >= 4 is 5.91 Å². The lowest BCUT2D eigenvalue weighted by atomic mass is 10.0. The first-order valence-electron chi connectivity index (χ1n) is 9.25. The van der Waals surface area contributed by atoms with Crippen LogP contribution in [0.3, 0.4) is 0 Å². The van der Waals surface area contributed by atoms with E-state index in [0.29, 0.717) is 17.9 Å². The summed E-state index contributed by atoms with van der Waals surface area (Å²) in [6.07, 6.45) is 1.87. The maximum Gasteiger partial charge on any atom is 0.255 e. The van der Waals surface area contributed by atoms with Gasteiger partial charge in [-0.1, -0.05) is 17.3 Å². The summed E-state index contributed by atoms with van der Waals surface area (Å²) < 4.78 is 10.8. The normalized spacial score (nSPS) is 15.8. The maximum atomic E-state index is 12.6. The molecule has 1 aliphatic rings. The molecule has 0 saturated carbocycles. The molecule has 1 amide bonds. The molecule has 1 aromatic heterocycles. The number of amides is 1. The van der Waals surface area contributed by atoms with Crippen molar-refractivity contribution in [3.63, 3.8) is 0 Å². The van der Waals surface area contributed by atoms with Gasteiger partial charge >= 0.3 is 0 Å². The van der Waals surface area contributed by atoms with Crippen LogP contribution in [-0.2, 0) is 6.54 Å². The molecule has 0 spiro atoms. The number of rotatable bonds is 6. The lowest BCUT2D eigenvalue weighted by Crippen LogP contribution is -2.44. The fraction of sp³-hybridized carbons (Fsp3) is 0.500. The van der Waals surface area contributed by atoms with Gasteiger partial charge in [-0.05, 0) is 45.7 Å². The van der Waals surface area contributed by atoms with E-state index in [1.54, 1.807) is 0 Å². The number of benzene rings is 1. The van der Waals surface area contributed by atoms with Crippen molar-refractivity contribution in [3.8, 4) is 5.75 Å². The van der Waals surface area contributed by atoms with Gasteiger partial charge in [0.15, 0.2) is 0 Å². The average molecular weight is 357 g/mol. The predicted molar refractivity (Wildman–Crippen MR) is 99.4 cm³/mol.